The van der Waals surface area contributed by atoms with Gasteiger partial charge in [-0.2, -0.15) is 0 Å². The highest BCUT2D eigenvalue weighted by Crippen LogP contribution is 2.58. The number of esters is 1. The van der Waals surface area contributed by atoms with E-state index in [-0.39, 0.29) is 67.0 Å². The van der Waals surface area contributed by atoms with E-state index in [1.807, 2.05) is 33.1 Å². The molecule has 1 N–H and O–H groups in total. The number of pyridine rings is 1. The number of fused-ring (bicyclic) bond motifs is 2. The molecule has 4 fully saturated rings. The number of amides is 1. The molecule has 0 radical (unpaired) electrons. The summed E-state index contributed by atoms with van der Waals surface area (Å²) in [6, 6.07) is 4.22. The van der Waals surface area contributed by atoms with Gasteiger partial charge in [-0.3, -0.25) is 24.0 Å². The minimum absolute atomic E-state index is 0.0362. The third-order valence-electron chi connectivity index (χ3n) is 12.6. The van der Waals surface area contributed by atoms with Crippen LogP contribution in [0.1, 0.15) is 97.9 Å². The van der Waals surface area contributed by atoms with Crippen LogP contribution in [0.15, 0.2) is 23.6 Å². The normalized spacial score (nSPS) is 26.6. The molecule has 2 aromatic heterocycles. The van der Waals surface area contributed by atoms with Crippen LogP contribution in [0.2, 0.25) is 5.02 Å². The van der Waals surface area contributed by atoms with E-state index < -0.39 is 40.8 Å². The second-order valence-electron chi connectivity index (χ2n) is 18.3. The number of rotatable bonds is 16. The molecule has 1 amide bonds. The van der Waals surface area contributed by atoms with Crippen LogP contribution >= 0.6 is 22.9 Å². The van der Waals surface area contributed by atoms with Gasteiger partial charge in [0.2, 0.25) is 5.91 Å². The molecular formula is C44H53ClN4O8S. The van der Waals surface area contributed by atoms with Gasteiger partial charge >= 0.3 is 18.7 Å². The van der Waals surface area contributed by atoms with Crippen molar-refractivity contribution in [3.05, 3.63) is 45.0 Å². The average molecular weight is 833 g/mol. The number of thiazole rings is 1. The summed E-state index contributed by atoms with van der Waals surface area (Å²) in [7, 11) is 0. The molecule has 4 aliphatic rings. The molecule has 3 saturated carbocycles. The lowest BCUT2D eigenvalue weighted by Crippen LogP contribution is -2.48. The van der Waals surface area contributed by atoms with E-state index in [9.17, 15) is 24.3 Å². The third kappa shape index (κ3) is 8.69. The van der Waals surface area contributed by atoms with E-state index in [1.54, 1.807) is 18.2 Å². The van der Waals surface area contributed by atoms with Crippen molar-refractivity contribution < 1.29 is 38.5 Å². The van der Waals surface area contributed by atoms with Crippen molar-refractivity contribution >= 4 is 57.5 Å². The number of likely N-dealkylation sites (tertiary alicyclic amines) is 1. The van der Waals surface area contributed by atoms with Crippen LogP contribution in [-0.4, -0.2) is 75.1 Å². The van der Waals surface area contributed by atoms with Crippen LogP contribution in [0.3, 0.4) is 0 Å². The number of carboxylic acid groups (broad SMARTS) is 1. The van der Waals surface area contributed by atoms with Crippen molar-refractivity contribution in [2.75, 3.05) is 13.3 Å². The zero-order valence-corrected chi connectivity index (χ0v) is 35.7. The number of carbonyl (C=O) groups excluding carboxylic acids is 3. The molecule has 12 nitrogen and oxygen atoms in total. The lowest BCUT2D eigenvalue weighted by molar-refractivity contribution is -0.157. The van der Waals surface area contributed by atoms with Gasteiger partial charge in [-0.25, -0.2) is 16.5 Å². The maximum atomic E-state index is 14.8. The van der Waals surface area contributed by atoms with E-state index in [0.29, 0.717) is 58.6 Å². The average Bonchev–Trinajstić information content (AvgIpc) is 3.83. The maximum absolute atomic E-state index is 14.8. The standard InChI is InChI=1S/C44H53ClN4O8S/c1-8-26-18-44(26,42(53)54)19-34(50)33-15-28(20-49(33)41(52)30(43(4,5)6)16-38(51)57-27-13-24-12-25(24)14-27)56-36-17-31(32-21-58-37(47-32)11-23(2)3)48-40-29(36)9-10-35(39(40)45)55-22-46-7/h9-10,17,21,23-28,30,33H,8,11-16,18-20,22H2,1-6H3,(H,53,54)/t24-,25+,26-,27?,28+,30+,33+,44+/m1/s1. The fourth-order valence-electron chi connectivity index (χ4n) is 9.15. The first kappa shape index (κ1) is 41.9. The van der Waals surface area contributed by atoms with Crippen LogP contribution in [-0.2, 0) is 30.3 Å². The van der Waals surface area contributed by atoms with Crippen molar-refractivity contribution in [1.82, 2.24) is 14.9 Å². The highest BCUT2D eigenvalue weighted by atomic mass is 35.5. The number of carboxylic acids is 1. The molecule has 1 aromatic carbocycles. The van der Waals surface area contributed by atoms with Crippen molar-refractivity contribution in [2.45, 2.75) is 118 Å². The first-order valence-electron chi connectivity index (χ1n) is 20.5. The first-order valence-corrected chi connectivity index (χ1v) is 21.7. The van der Waals surface area contributed by atoms with Gasteiger partial charge in [-0.05, 0) is 66.9 Å². The van der Waals surface area contributed by atoms with Gasteiger partial charge < -0.3 is 24.2 Å². The Morgan fingerprint density at radius 2 is 1.81 bits per heavy atom. The molecule has 1 aliphatic heterocycles. The molecule has 3 aromatic rings. The first-order chi connectivity index (χ1) is 27.5. The molecule has 3 aliphatic carbocycles. The summed E-state index contributed by atoms with van der Waals surface area (Å²) in [6.45, 7) is 18.9. The second kappa shape index (κ2) is 16.4. The minimum Gasteiger partial charge on any atom is -0.488 e. The second-order valence-corrected chi connectivity index (χ2v) is 19.6. The largest absolute Gasteiger partial charge is 0.488 e. The molecule has 1 saturated heterocycles. The van der Waals surface area contributed by atoms with Gasteiger partial charge in [-0.1, -0.05) is 59.6 Å². The highest BCUT2D eigenvalue weighted by molar-refractivity contribution is 7.09. The van der Waals surface area contributed by atoms with Crippen molar-refractivity contribution in [3.8, 4) is 22.9 Å². The van der Waals surface area contributed by atoms with Gasteiger partial charge in [-0.15, -0.1) is 11.3 Å². The summed E-state index contributed by atoms with van der Waals surface area (Å²) in [5, 5.41) is 13.9. The molecule has 3 heterocycles. The fraction of sp³-hybridized carbons (Fsp3) is 0.614. The Morgan fingerprint density at radius 3 is 2.45 bits per heavy atom. The monoisotopic (exact) mass is 832 g/mol. The number of ketones is 1. The van der Waals surface area contributed by atoms with Gasteiger partial charge in [0, 0.05) is 36.1 Å². The minimum atomic E-state index is -1.16. The molecule has 0 bridgehead atoms. The van der Waals surface area contributed by atoms with Crippen LogP contribution < -0.4 is 9.47 Å². The zero-order chi connectivity index (χ0) is 41.7. The number of hydrogen-bond donors (Lipinski definition) is 1. The molecule has 1 unspecified atom stereocenters. The summed E-state index contributed by atoms with van der Waals surface area (Å²) in [6.07, 6.45) is 3.77. The summed E-state index contributed by atoms with van der Waals surface area (Å²) >= 11 is 8.42. The predicted octanol–water partition coefficient (Wildman–Crippen LogP) is 8.67. The molecule has 8 atom stereocenters. The summed E-state index contributed by atoms with van der Waals surface area (Å²) < 4.78 is 18.3. The van der Waals surface area contributed by atoms with Crippen molar-refractivity contribution in [1.29, 1.82) is 0 Å². The SMILES string of the molecule is [C-]#[N+]COc1ccc2c(O[C@H]3C[C@@H](C(=O)C[C@@]4(C(=O)O)C[C@H]4CC)N(C(=O)[C@H](CC(=O)OC4C[C@@H]5C[C@@H]5C4)C(C)(C)C)C3)cc(-c3csc(CC(C)C)n3)nc2c1Cl. The number of benzene rings is 1. The number of carbonyl (C=O) groups is 4. The number of ether oxygens (including phenoxy) is 3. The zero-order valence-electron chi connectivity index (χ0n) is 34.1. The van der Waals surface area contributed by atoms with Crippen LogP contribution in [0.5, 0.6) is 11.5 Å². The van der Waals surface area contributed by atoms with Crippen LogP contribution in [0.4, 0.5) is 0 Å². The molecule has 58 heavy (non-hydrogen) atoms. The van der Waals surface area contributed by atoms with Crippen molar-refractivity contribution in [3.63, 3.8) is 0 Å². The number of hydrogen-bond acceptors (Lipinski definition) is 10. The van der Waals surface area contributed by atoms with E-state index in [2.05, 4.69) is 18.7 Å². The Labute approximate surface area is 348 Å². The van der Waals surface area contributed by atoms with Crippen molar-refractivity contribution in [2.24, 2.45) is 40.4 Å². The number of Topliss-reactive ketones (excluding diaryl/α,β-unsaturated/α-hetero) is 1. The van der Waals surface area contributed by atoms with Gasteiger partial charge in [0.15, 0.2) is 5.78 Å². The van der Waals surface area contributed by atoms with Gasteiger partial charge in [0.05, 0.1) is 52.3 Å². The Bertz CT molecular complexity index is 2130. The number of nitrogens with zero attached hydrogens (tertiary/aromatic N) is 4. The Hall–Kier alpha value is -4.28. The van der Waals surface area contributed by atoms with Gasteiger partial charge in [0.25, 0.3) is 0 Å². The summed E-state index contributed by atoms with van der Waals surface area (Å²) in [5.74, 6) is -0.664. The quantitative estimate of drug-likeness (QED) is 0.110. The Morgan fingerprint density at radius 1 is 1.07 bits per heavy atom. The molecular weight excluding hydrogens is 780 g/mol. The number of halogens is 1. The van der Waals surface area contributed by atoms with E-state index in [0.717, 1.165) is 24.3 Å². The van der Waals surface area contributed by atoms with E-state index in [4.69, 9.17) is 42.4 Å². The smallest absolute Gasteiger partial charge is 0.357 e. The van der Waals surface area contributed by atoms with E-state index in [1.165, 1.54) is 22.7 Å². The highest BCUT2D eigenvalue weighted by Gasteiger charge is 2.61. The summed E-state index contributed by atoms with van der Waals surface area (Å²) in [5.41, 5.74) is -0.298. The molecule has 7 rings (SSSR count). The van der Waals surface area contributed by atoms with Gasteiger partial charge in [0.1, 0.15) is 28.7 Å². The predicted molar refractivity (Wildman–Crippen MR) is 219 cm³/mol. The molecule has 310 valence electrons. The number of aliphatic carboxylic acids is 1. The Balaban J connectivity index is 1.21. The van der Waals surface area contributed by atoms with Crippen LogP contribution in [0.25, 0.3) is 27.1 Å². The van der Waals surface area contributed by atoms with E-state index >= 15 is 0 Å². The maximum Gasteiger partial charge on any atom is 0.357 e. The lowest BCUT2D eigenvalue weighted by atomic mass is 9.77. The summed E-state index contributed by atoms with van der Waals surface area (Å²) in [4.78, 5) is 69.6. The molecule has 0 spiro atoms. The van der Waals surface area contributed by atoms with Crippen LogP contribution in [0, 0.1) is 47.0 Å². The lowest BCUT2D eigenvalue weighted by Gasteiger charge is -2.35. The fourth-order valence-corrected chi connectivity index (χ4v) is 10.4. The molecule has 14 heteroatoms. The Kier molecular flexibility index (Phi) is 11.8. The third-order valence-corrected chi connectivity index (χ3v) is 13.8. The number of aromatic nitrogens is 2. The topological polar surface area (TPSA) is 150 Å².